The van der Waals surface area contributed by atoms with Crippen LogP contribution in [0.3, 0.4) is 0 Å². The average Bonchev–Trinajstić information content (AvgIpc) is 2.46. The lowest BCUT2D eigenvalue weighted by Crippen LogP contribution is -2.28. The number of pyridine rings is 1. The van der Waals surface area contributed by atoms with Crippen molar-refractivity contribution < 1.29 is 4.74 Å². The lowest BCUT2D eigenvalue weighted by Gasteiger charge is -2.37. The smallest absolute Gasteiger partial charge is 0.213 e. The third-order valence-corrected chi connectivity index (χ3v) is 4.69. The van der Waals surface area contributed by atoms with E-state index in [2.05, 4.69) is 37.1 Å². The third-order valence-electron chi connectivity index (χ3n) is 4.69. The Morgan fingerprint density at radius 1 is 1.19 bits per heavy atom. The summed E-state index contributed by atoms with van der Waals surface area (Å²) in [6.07, 6.45) is 7.30. The number of nitrogens with one attached hydrogen (secondary N) is 1. The second kappa shape index (κ2) is 7.15. The van der Waals surface area contributed by atoms with E-state index in [9.17, 15) is 0 Å². The van der Waals surface area contributed by atoms with Crippen molar-refractivity contribution in [3.63, 3.8) is 0 Å². The largest absolute Gasteiger partial charge is 0.478 e. The van der Waals surface area contributed by atoms with Gasteiger partial charge in [0.25, 0.3) is 0 Å². The SMILES string of the molecule is CCOc1ccc(NCC2CCC(C(C)(C)C)CC2)cn1. The summed E-state index contributed by atoms with van der Waals surface area (Å²) in [5.74, 6) is 2.39. The molecule has 0 saturated heterocycles. The Morgan fingerprint density at radius 2 is 1.90 bits per heavy atom. The Labute approximate surface area is 129 Å². The molecule has 0 aliphatic heterocycles. The van der Waals surface area contributed by atoms with Crippen LogP contribution in [0.15, 0.2) is 18.3 Å². The van der Waals surface area contributed by atoms with Gasteiger partial charge in [-0.05, 0) is 55.9 Å². The van der Waals surface area contributed by atoms with Crippen LogP contribution in [0.4, 0.5) is 5.69 Å². The molecule has 1 N–H and O–H groups in total. The fourth-order valence-electron chi connectivity index (χ4n) is 3.21. The van der Waals surface area contributed by atoms with Crippen LogP contribution < -0.4 is 10.1 Å². The van der Waals surface area contributed by atoms with Gasteiger partial charge in [-0.2, -0.15) is 0 Å². The molecule has 3 nitrogen and oxygen atoms in total. The minimum atomic E-state index is 0.470. The van der Waals surface area contributed by atoms with Gasteiger partial charge in [-0.15, -0.1) is 0 Å². The van der Waals surface area contributed by atoms with Crippen molar-refractivity contribution >= 4 is 5.69 Å². The molecule has 0 radical (unpaired) electrons. The first-order valence-corrected chi connectivity index (χ1v) is 8.31. The average molecular weight is 290 g/mol. The highest BCUT2D eigenvalue weighted by Gasteiger charge is 2.29. The zero-order chi connectivity index (χ0) is 15.3. The molecule has 1 aliphatic carbocycles. The van der Waals surface area contributed by atoms with Gasteiger partial charge in [-0.25, -0.2) is 4.98 Å². The van der Waals surface area contributed by atoms with Crippen molar-refractivity contribution in [3.8, 4) is 5.88 Å². The monoisotopic (exact) mass is 290 g/mol. The zero-order valence-electron chi connectivity index (χ0n) is 14.0. The molecule has 1 aromatic rings. The molecule has 3 heteroatoms. The standard InChI is InChI=1S/C18H30N2O/c1-5-21-17-11-10-16(13-20-17)19-12-14-6-8-15(9-7-14)18(2,3)4/h10-11,13-15,19H,5-9,12H2,1-4H3. The number of rotatable bonds is 5. The van der Waals surface area contributed by atoms with E-state index in [-0.39, 0.29) is 0 Å². The molecule has 0 bridgehead atoms. The van der Waals surface area contributed by atoms with Gasteiger partial charge in [0.2, 0.25) is 5.88 Å². The lowest BCUT2D eigenvalue weighted by molar-refractivity contribution is 0.153. The van der Waals surface area contributed by atoms with Crippen molar-refractivity contribution in [2.24, 2.45) is 17.3 Å². The van der Waals surface area contributed by atoms with Crippen LogP contribution in [-0.2, 0) is 0 Å². The molecule has 2 rings (SSSR count). The number of nitrogens with zero attached hydrogens (tertiary/aromatic N) is 1. The normalized spacial score (nSPS) is 22.9. The number of aromatic nitrogens is 1. The second-order valence-electron chi connectivity index (χ2n) is 7.28. The van der Waals surface area contributed by atoms with Gasteiger partial charge in [0.15, 0.2) is 0 Å². The van der Waals surface area contributed by atoms with Crippen LogP contribution in [0.1, 0.15) is 53.4 Å². The van der Waals surface area contributed by atoms with Crippen LogP contribution in [0, 0.1) is 17.3 Å². The van der Waals surface area contributed by atoms with Crippen molar-refractivity contribution in [1.82, 2.24) is 4.98 Å². The first-order valence-electron chi connectivity index (χ1n) is 8.31. The fraction of sp³-hybridized carbons (Fsp3) is 0.722. The summed E-state index contributed by atoms with van der Waals surface area (Å²) < 4.78 is 5.36. The van der Waals surface area contributed by atoms with Crippen molar-refractivity contribution in [3.05, 3.63) is 18.3 Å². The quantitative estimate of drug-likeness (QED) is 0.850. The summed E-state index contributed by atoms with van der Waals surface area (Å²) in [6.45, 7) is 10.8. The van der Waals surface area contributed by atoms with Gasteiger partial charge in [0.1, 0.15) is 0 Å². The predicted molar refractivity (Wildman–Crippen MR) is 88.8 cm³/mol. The Hall–Kier alpha value is -1.25. The molecule has 21 heavy (non-hydrogen) atoms. The molecule has 1 aliphatic rings. The van der Waals surface area contributed by atoms with Crippen molar-refractivity contribution in [1.29, 1.82) is 0 Å². The first kappa shape index (κ1) is 16.1. The molecule has 1 heterocycles. The van der Waals surface area contributed by atoms with Crippen molar-refractivity contribution in [2.45, 2.75) is 53.4 Å². The summed E-state index contributed by atoms with van der Waals surface area (Å²) in [4.78, 5) is 4.29. The summed E-state index contributed by atoms with van der Waals surface area (Å²) >= 11 is 0. The van der Waals surface area contributed by atoms with Gasteiger partial charge in [0, 0.05) is 12.6 Å². The van der Waals surface area contributed by atoms with E-state index in [0.29, 0.717) is 17.9 Å². The van der Waals surface area contributed by atoms with Gasteiger partial charge in [-0.1, -0.05) is 20.8 Å². The maximum Gasteiger partial charge on any atom is 0.213 e. The number of ether oxygens (including phenoxy) is 1. The van der Waals surface area contributed by atoms with Crippen LogP contribution in [0.5, 0.6) is 5.88 Å². The number of hydrogen-bond donors (Lipinski definition) is 1. The summed E-state index contributed by atoms with van der Waals surface area (Å²) in [5, 5.41) is 3.52. The molecule has 0 aromatic carbocycles. The minimum Gasteiger partial charge on any atom is -0.478 e. The molecule has 1 saturated carbocycles. The Kier molecular flexibility index (Phi) is 5.49. The molecule has 0 amide bonds. The van der Waals surface area contributed by atoms with Gasteiger partial charge in [-0.3, -0.25) is 0 Å². The van der Waals surface area contributed by atoms with Gasteiger partial charge in [0.05, 0.1) is 18.5 Å². The summed E-state index contributed by atoms with van der Waals surface area (Å²) in [6, 6.07) is 3.99. The highest BCUT2D eigenvalue weighted by atomic mass is 16.5. The van der Waals surface area contributed by atoms with Crippen LogP contribution in [0.2, 0.25) is 0 Å². The molecule has 1 fully saturated rings. The molecule has 0 atom stereocenters. The molecule has 0 unspecified atom stereocenters. The van der Waals surface area contributed by atoms with E-state index in [0.717, 1.165) is 24.1 Å². The highest BCUT2D eigenvalue weighted by Crippen LogP contribution is 2.39. The number of anilines is 1. The second-order valence-corrected chi connectivity index (χ2v) is 7.28. The third kappa shape index (κ3) is 4.90. The van der Waals surface area contributed by atoms with Crippen molar-refractivity contribution in [2.75, 3.05) is 18.5 Å². The van der Waals surface area contributed by atoms with Crippen LogP contribution in [-0.4, -0.2) is 18.1 Å². The molecule has 0 spiro atoms. The van der Waals surface area contributed by atoms with E-state index in [1.165, 1.54) is 25.7 Å². The van der Waals surface area contributed by atoms with E-state index in [4.69, 9.17) is 4.74 Å². The van der Waals surface area contributed by atoms with E-state index < -0.39 is 0 Å². The Morgan fingerprint density at radius 3 is 2.43 bits per heavy atom. The van der Waals surface area contributed by atoms with Crippen LogP contribution >= 0.6 is 0 Å². The van der Waals surface area contributed by atoms with E-state index in [1.807, 2.05) is 19.2 Å². The minimum absolute atomic E-state index is 0.470. The molecule has 118 valence electrons. The highest BCUT2D eigenvalue weighted by molar-refractivity contribution is 5.42. The maximum atomic E-state index is 5.36. The first-order chi connectivity index (χ1) is 9.99. The molecular weight excluding hydrogens is 260 g/mol. The zero-order valence-corrected chi connectivity index (χ0v) is 14.0. The maximum absolute atomic E-state index is 5.36. The summed E-state index contributed by atoms with van der Waals surface area (Å²) in [5.41, 5.74) is 1.56. The molecular formula is C18H30N2O. The number of hydrogen-bond acceptors (Lipinski definition) is 3. The van der Waals surface area contributed by atoms with E-state index in [1.54, 1.807) is 0 Å². The van der Waals surface area contributed by atoms with Crippen LogP contribution in [0.25, 0.3) is 0 Å². The van der Waals surface area contributed by atoms with Gasteiger partial charge < -0.3 is 10.1 Å². The topological polar surface area (TPSA) is 34.1 Å². The Balaban J connectivity index is 1.74. The Bertz CT molecular complexity index is 414. The fourth-order valence-corrected chi connectivity index (χ4v) is 3.21. The van der Waals surface area contributed by atoms with Gasteiger partial charge >= 0.3 is 0 Å². The predicted octanol–water partition coefficient (Wildman–Crippen LogP) is 4.74. The van der Waals surface area contributed by atoms with E-state index >= 15 is 0 Å². The molecule has 1 aromatic heterocycles. The lowest BCUT2D eigenvalue weighted by atomic mass is 9.70. The summed E-state index contributed by atoms with van der Waals surface area (Å²) in [7, 11) is 0.